The van der Waals surface area contributed by atoms with Gasteiger partial charge in [-0.2, -0.15) is 0 Å². The zero-order valence-corrected chi connectivity index (χ0v) is 30.4. The molecule has 4 heterocycles. The molecule has 262 valence electrons. The lowest BCUT2D eigenvalue weighted by molar-refractivity contribution is 0.106. The maximum absolute atomic E-state index is 7.08. The lowest BCUT2D eigenvalue weighted by atomic mass is 9.89. The minimum absolute atomic E-state index is 0.0843. The molecule has 5 nitrogen and oxygen atoms in total. The van der Waals surface area contributed by atoms with Gasteiger partial charge in [0.25, 0.3) is 0 Å². The third-order valence-corrected chi connectivity index (χ3v) is 13.5. The molecule has 1 saturated carbocycles. The van der Waals surface area contributed by atoms with Crippen LogP contribution in [-0.2, 0) is 0 Å². The van der Waals surface area contributed by atoms with Gasteiger partial charge in [0, 0.05) is 38.0 Å². The van der Waals surface area contributed by atoms with E-state index in [1.165, 1.54) is 43.7 Å². The molecule has 6 heteroatoms. The second-order valence-electron chi connectivity index (χ2n) is 15.5. The first-order valence-corrected chi connectivity index (χ1v) is 19.9. The van der Waals surface area contributed by atoms with E-state index in [-0.39, 0.29) is 24.1 Å². The highest BCUT2D eigenvalue weighted by Crippen LogP contribution is 2.58. The molecule has 6 aromatic rings. The number of ether oxygens (including phenoxy) is 1. The highest BCUT2D eigenvalue weighted by atomic mass is 32.2. The van der Waals surface area contributed by atoms with E-state index in [2.05, 4.69) is 162 Å². The van der Waals surface area contributed by atoms with Crippen molar-refractivity contribution >= 4 is 39.3 Å². The number of nitrogens with one attached hydrogen (secondary N) is 3. The van der Waals surface area contributed by atoms with Gasteiger partial charge in [-0.05, 0) is 78.1 Å². The van der Waals surface area contributed by atoms with E-state index in [0.717, 1.165) is 47.1 Å². The Morgan fingerprint density at radius 3 is 2.30 bits per heavy atom. The standard InChI is InChI=1S/C47H41N3O2S/c1-47-27-31(26-39(47)37-14-5-7-19-40(37)52-47)34-15-9-16-35-36-17-10-18-38(43(36)51-42(34)35)46-49-44(28-11-3-2-4-12-28)48-45(50-46)30-22-24-32-23-21-29(25-30)33-13-6-8-20-41(33)53-32/h2-22,24-25,31-32,39,44-46,48-50H,23,26-27H2,1H3. The molecule has 0 amide bonds. The summed E-state index contributed by atoms with van der Waals surface area (Å²) in [7, 11) is 0. The number of benzene rings is 5. The van der Waals surface area contributed by atoms with Crippen LogP contribution in [0.25, 0.3) is 27.5 Å². The Kier molecular flexibility index (Phi) is 7.38. The third-order valence-electron chi connectivity index (χ3n) is 12.2. The van der Waals surface area contributed by atoms with Gasteiger partial charge in [0.1, 0.15) is 22.5 Å². The molecule has 3 N–H and O–H groups in total. The molecule has 1 aromatic heterocycles. The number of allylic oxidation sites excluding steroid dienone is 3. The van der Waals surface area contributed by atoms with E-state index in [4.69, 9.17) is 9.15 Å². The lowest BCUT2D eigenvalue weighted by Gasteiger charge is -2.40. The van der Waals surface area contributed by atoms with Gasteiger partial charge in [0.2, 0.25) is 0 Å². The predicted molar refractivity (Wildman–Crippen MR) is 215 cm³/mol. The fraction of sp³-hybridized carbons (Fsp3) is 0.234. The van der Waals surface area contributed by atoms with Crippen molar-refractivity contribution < 1.29 is 9.15 Å². The van der Waals surface area contributed by atoms with Crippen LogP contribution in [0.1, 0.15) is 78.2 Å². The minimum atomic E-state index is -0.201. The number of hydrogen-bond donors (Lipinski definition) is 3. The second kappa shape index (κ2) is 12.4. The maximum atomic E-state index is 7.08. The van der Waals surface area contributed by atoms with Crippen LogP contribution in [0.3, 0.4) is 0 Å². The molecule has 3 aliphatic heterocycles. The monoisotopic (exact) mass is 711 g/mol. The van der Waals surface area contributed by atoms with Crippen molar-refractivity contribution in [1.82, 2.24) is 16.0 Å². The average molecular weight is 712 g/mol. The fourth-order valence-corrected chi connectivity index (χ4v) is 10.8. The topological polar surface area (TPSA) is 58.5 Å². The van der Waals surface area contributed by atoms with Crippen LogP contribution in [0.4, 0.5) is 0 Å². The molecule has 53 heavy (non-hydrogen) atoms. The van der Waals surface area contributed by atoms with Gasteiger partial charge < -0.3 is 9.15 Å². The Balaban J connectivity index is 0.985. The number of hydrogen-bond acceptors (Lipinski definition) is 6. The quantitative estimate of drug-likeness (QED) is 0.169. The Labute approximate surface area is 314 Å². The zero-order chi connectivity index (χ0) is 35.1. The van der Waals surface area contributed by atoms with Gasteiger partial charge in [0.05, 0.1) is 18.5 Å². The van der Waals surface area contributed by atoms with Gasteiger partial charge in [0.15, 0.2) is 0 Å². The molecule has 2 bridgehead atoms. The van der Waals surface area contributed by atoms with Crippen molar-refractivity contribution in [3.8, 4) is 5.75 Å². The highest BCUT2D eigenvalue weighted by molar-refractivity contribution is 8.00. The van der Waals surface area contributed by atoms with Crippen molar-refractivity contribution in [2.75, 3.05) is 0 Å². The molecule has 5 aromatic carbocycles. The molecule has 2 aliphatic carbocycles. The number of furan rings is 1. The fourth-order valence-electron chi connectivity index (χ4n) is 9.69. The maximum Gasteiger partial charge on any atom is 0.141 e. The molecule has 7 unspecified atom stereocenters. The first kappa shape index (κ1) is 31.7. The van der Waals surface area contributed by atoms with Crippen molar-refractivity contribution in [3.63, 3.8) is 0 Å². The highest BCUT2D eigenvalue weighted by Gasteiger charge is 2.52. The van der Waals surface area contributed by atoms with Gasteiger partial charge in [-0.15, -0.1) is 11.8 Å². The normalized spacial score (nSPS) is 28.7. The van der Waals surface area contributed by atoms with E-state index in [9.17, 15) is 0 Å². The molecule has 0 radical (unpaired) electrons. The van der Waals surface area contributed by atoms with E-state index in [0.29, 0.717) is 17.1 Å². The molecule has 0 spiro atoms. The van der Waals surface area contributed by atoms with Gasteiger partial charge >= 0.3 is 0 Å². The van der Waals surface area contributed by atoms with Crippen LogP contribution < -0.4 is 20.7 Å². The Hall–Kier alpha value is -4.85. The van der Waals surface area contributed by atoms with E-state index < -0.39 is 0 Å². The van der Waals surface area contributed by atoms with E-state index in [1.807, 2.05) is 11.8 Å². The number of para-hydroxylation sites is 3. The van der Waals surface area contributed by atoms with Gasteiger partial charge in [-0.25, -0.2) is 0 Å². The van der Waals surface area contributed by atoms with Crippen LogP contribution in [0.5, 0.6) is 5.75 Å². The van der Waals surface area contributed by atoms with Crippen LogP contribution >= 0.6 is 11.8 Å². The van der Waals surface area contributed by atoms with Crippen LogP contribution in [0.2, 0.25) is 0 Å². The number of thioether (sulfide) groups is 1. The first-order valence-electron chi connectivity index (χ1n) is 19.0. The summed E-state index contributed by atoms with van der Waals surface area (Å²) in [5.74, 6) is 1.78. The molecular formula is C47H41N3O2S. The molecular weight excluding hydrogens is 671 g/mol. The Morgan fingerprint density at radius 2 is 1.42 bits per heavy atom. The first-order chi connectivity index (χ1) is 26.1. The molecule has 5 aliphatic rings. The summed E-state index contributed by atoms with van der Waals surface area (Å²) in [5.41, 5.74) is 10.5. The van der Waals surface area contributed by atoms with Crippen molar-refractivity contribution in [1.29, 1.82) is 0 Å². The van der Waals surface area contributed by atoms with Crippen LogP contribution in [0.15, 0.2) is 154 Å². The predicted octanol–water partition coefficient (Wildman–Crippen LogP) is 10.6. The van der Waals surface area contributed by atoms with E-state index in [1.54, 1.807) is 0 Å². The minimum Gasteiger partial charge on any atom is -0.487 e. The number of fused-ring (bicyclic) bond motifs is 10. The third kappa shape index (κ3) is 5.26. The largest absolute Gasteiger partial charge is 0.487 e. The molecule has 7 atom stereocenters. The summed E-state index contributed by atoms with van der Waals surface area (Å²) in [5, 5.41) is 14.5. The summed E-state index contributed by atoms with van der Waals surface area (Å²) in [6.07, 6.45) is 12.2. The summed E-state index contributed by atoms with van der Waals surface area (Å²) >= 11 is 1.96. The zero-order valence-electron chi connectivity index (χ0n) is 29.6. The SMILES string of the molecule is CC12CC(c3cccc4c3oc3c(C5NC(C6=CC7=CCC(C=C6)Sc6ccccc67)NC(c6ccccc6)N5)cccc34)CC1c1ccccc1O2. The van der Waals surface area contributed by atoms with Crippen molar-refractivity contribution in [2.45, 2.75) is 72.3 Å². The average Bonchev–Trinajstić information content (AvgIpc) is 3.80. The van der Waals surface area contributed by atoms with Crippen LogP contribution in [0, 0.1) is 0 Å². The smallest absolute Gasteiger partial charge is 0.141 e. The van der Waals surface area contributed by atoms with Crippen molar-refractivity contribution in [2.24, 2.45) is 0 Å². The lowest BCUT2D eigenvalue weighted by Crippen LogP contribution is -2.59. The van der Waals surface area contributed by atoms with Crippen LogP contribution in [-0.4, -0.2) is 17.0 Å². The van der Waals surface area contributed by atoms with Crippen molar-refractivity contribution in [3.05, 3.63) is 173 Å². The summed E-state index contributed by atoms with van der Waals surface area (Å²) in [4.78, 5) is 1.35. The summed E-state index contributed by atoms with van der Waals surface area (Å²) < 4.78 is 13.7. The Bertz CT molecular complexity index is 2500. The summed E-state index contributed by atoms with van der Waals surface area (Å²) in [6.45, 7) is 2.30. The molecule has 11 rings (SSSR count). The van der Waals surface area contributed by atoms with Gasteiger partial charge in [-0.1, -0.05) is 121 Å². The second-order valence-corrected chi connectivity index (χ2v) is 16.7. The molecule has 2 fully saturated rings. The van der Waals surface area contributed by atoms with E-state index >= 15 is 0 Å². The number of rotatable bonds is 4. The summed E-state index contributed by atoms with van der Waals surface area (Å²) in [6, 6.07) is 41.4. The molecule has 1 saturated heterocycles. The Morgan fingerprint density at radius 1 is 0.698 bits per heavy atom. The van der Waals surface area contributed by atoms with Gasteiger partial charge in [-0.3, -0.25) is 16.0 Å².